The zero-order valence-electron chi connectivity index (χ0n) is 8.68. The molecule has 0 aliphatic heterocycles. The fourth-order valence-electron chi connectivity index (χ4n) is 1.47. The Bertz CT molecular complexity index is 633. The van der Waals surface area contributed by atoms with Crippen molar-refractivity contribution in [3.8, 4) is 0 Å². The highest BCUT2D eigenvalue weighted by Gasteiger charge is 2.04. The number of hydrogen-bond acceptors (Lipinski definition) is 5. The molecule has 0 unspecified atom stereocenters. The van der Waals surface area contributed by atoms with Crippen molar-refractivity contribution >= 4 is 49.6 Å². The molecule has 3 rings (SSSR count). The number of benzene rings is 1. The van der Waals surface area contributed by atoms with E-state index in [2.05, 4.69) is 15.3 Å². The summed E-state index contributed by atoms with van der Waals surface area (Å²) >= 11 is 9.13. The van der Waals surface area contributed by atoms with Gasteiger partial charge in [0, 0.05) is 10.4 Å². The van der Waals surface area contributed by atoms with E-state index in [-0.39, 0.29) is 0 Å². The molecule has 17 heavy (non-hydrogen) atoms. The topological polar surface area (TPSA) is 37.8 Å². The normalized spacial score (nSPS) is 10.9. The summed E-state index contributed by atoms with van der Waals surface area (Å²) in [7, 11) is 0. The fourth-order valence-corrected chi connectivity index (χ4v) is 3.16. The molecule has 3 nitrogen and oxygen atoms in total. The third-order valence-electron chi connectivity index (χ3n) is 2.25. The summed E-state index contributed by atoms with van der Waals surface area (Å²) in [4.78, 5) is 8.69. The number of fused-ring (bicyclic) bond motifs is 1. The fraction of sp³-hybridized carbons (Fsp3) is 0.0909. The summed E-state index contributed by atoms with van der Waals surface area (Å²) in [5, 5.41) is 6.93. The molecule has 0 amide bonds. The standard InChI is InChI=1S/C11H8ClN3S2/c12-7-1-2-9-10(3-7)17-11(15-9)13-4-8-5-16-6-14-8/h1-3,5-6H,4H2,(H,13,15). The van der Waals surface area contributed by atoms with E-state index in [1.807, 2.05) is 29.1 Å². The second-order valence-corrected chi connectivity index (χ2v) is 5.65. The number of thiazole rings is 2. The van der Waals surface area contributed by atoms with Crippen LogP contribution in [0.15, 0.2) is 29.1 Å². The molecule has 0 saturated heterocycles. The summed E-state index contributed by atoms with van der Waals surface area (Å²) in [6.07, 6.45) is 0. The van der Waals surface area contributed by atoms with Gasteiger partial charge in [0.05, 0.1) is 28.0 Å². The third-order valence-corrected chi connectivity index (χ3v) is 4.10. The summed E-state index contributed by atoms with van der Waals surface area (Å²) < 4.78 is 1.10. The molecule has 0 spiro atoms. The molecular formula is C11H8ClN3S2. The molecule has 3 aromatic rings. The molecule has 0 fully saturated rings. The number of nitrogens with zero attached hydrogens (tertiary/aromatic N) is 2. The molecule has 0 bridgehead atoms. The van der Waals surface area contributed by atoms with E-state index < -0.39 is 0 Å². The first kappa shape index (κ1) is 11.0. The number of hydrogen-bond donors (Lipinski definition) is 1. The Labute approximate surface area is 111 Å². The van der Waals surface area contributed by atoms with Crippen LogP contribution in [0.3, 0.4) is 0 Å². The smallest absolute Gasteiger partial charge is 0.184 e. The van der Waals surface area contributed by atoms with E-state index in [1.54, 1.807) is 22.7 Å². The van der Waals surface area contributed by atoms with Crippen molar-refractivity contribution in [1.29, 1.82) is 0 Å². The number of aromatic nitrogens is 2. The van der Waals surface area contributed by atoms with Crippen LogP contribution < -0.4 is 5.32 Å². The maximum absolute atomic E-state index is 5.94. The van der Waals surface area contributed by atoms with Gasteiger partial charge < -0.3 is 5.32 Å². The van der Waals surface area contributed by atoms with E-state index in [1.165, 1.54) is 0 Å². The van der Waals surface area contributed by atoms with Gasteiger partial charge in [-0.3, -0.25) is 0 Å². The van der Waals surface area contributed by atoms with E-state index in [4.69, 9.17) is 11.6 Å². The van der Waals surface area contributed by atoms with Gasteiger partial charge in [-0.15, -0.1) is 11.3 Å². The maximum atomic E-state index is 5.94. The maximum Gasteiger partial charge on any atom is 0.184 e. The monoisotopic (exact) mass is 281 g/mol. The van der Waals surface area contributed by atoms with Crippen molar-refractivity contribution in [2.75, 3.05) is 5.32 Å². The first-order chi connectivity index (χ1) is 8.31. The van der Waals surface area contributed by atoms with Crippen LogP contribution in [0.4, 0.5) is 5.13 Å². The lowest BCUT2D eigenvalue weighted by molar-refractivity contribution is 1.07. The zero-order chi connectivity index (χ0) is 11.7. The molecule has 0 radical (unpaired) electrons. The highest BCUT2D eigenvalue weighted by atomic mass is 35.5. The lowest BCUT2D eigenvalue weighted by Gasteiger charge is -1.97. The average Bonchev–Trinajstić information content (AvgIpc) is 2.94. The van der Waals surface area contributed by atoms with Gasteiger partial charge in [-0.2, -0.15) is 0 Å². The first-order valence-electron chi connectivity index (χ1n) is 4.98. The van der Waals surface area contributed by atoms with E-state index in [0.29, 0.717) is 6.54 Å². The van der Waals surface area contributed by atoms with Gasteiger partial charge in [0.25, 0.3) is 0 Å². The van der Waals surface area contributed by atoms with Gasteiger partial charge in [-0.05, 0) is 18.2 Å². The molecule has 1 aromatic carbocycles. The molecule has 2 aromatic heterocycles. The molecule has 0 aliphatic rings. The van der Waals surface area contributed by atoms with Crippen molar-refractivity contribution in [3.05, 3.63) is 39.8 Å². The van der Waals surface area contributed by atoms with Crippen LogP contribution in [0.25, 0.3) is 10.2 Å². The lowest BCUT2D eigenvalue weighted by atomic mass is 10.3. The van der Waals surface area contributed by atoms with Crippen molar-refractivity contribution in [2.45, 2.75) is 6.54 Å². The SMILES string of the molecule is Clc1ccc2nc(NCc3cscn3)sc2c1. The molecular weight excluding hydrogens is 274 g/mol. The third kappa shape index (κ3) is 2.41. The van der Waals surface area contributed by atoms with Crippen molar-refractivity contribution in [3.63, 3.8) is 0 Å². The van der Waals surface area contributed by atoms with Crippen LogP contribution >= 0.6 is 34.3 Å². The Kier molecular flexibility index (Phi) is 2.96. The van der Waals surface area contributed by atoms with Crippen LogP contribution in [0.2, 0.25) is 5.02 Å². The summed E-state index contributed by atoms with van der Waals surface area (Å²) in [5.41, 5.74) is 3.84. The number of rotatable bonds is 3. The Morgan fingerprint density at radius 3 is 3.12 bits per heavy atom. The zero-order valence-corrected chi connectivity index (χ0v) is 11.1. The van der Waals surface area contributed by atoms with E-state index >= 15 is 0 Å². The number of halogens is 1. The highest BCUT2D eigenvalue weighted by molar-refractivity contribution is 7.22. The Morgan fingerprint density at radius 1 is 1.35 bits per heavy atom. The van der Waals surface area contributed by atoms with Crippen LogP contribution in [-0.4, -0.2) is 9.97 Å². The highest BCUT2D eigenvalue weighted by Crippen LogP contribution is 2.28. The Balaban J connectivity index is 1.81. The van der Waals surface area contributed by atoms with Gasteiger partial charge in [0.2, 0.25) is 0 Å². The lowest BCUT2D eigenvalue weighted by Crippen LogP contribution is -1.98. The average molecular weight is 282 g/mol. The van der Waals surface area contributed by atoms with Gasteiger partial charge >= 0.3 is 0 Å². The second-order valence-electron chi connectivity index (χ2n) is 3.46. The van der Waals surface area contributed by atoms with Crippen molar-refractivity contribution < 1.29 is 0 Å². The predicted octanol–water partition coefficient (Wildman–Crippen LogP) is 4.02. The molecule has 0 saturated carbocycles. The second kappa shape index (κ2) is 4.60. The van der Waals surface area contributed by atoms with E-state index in [9.17, 15) is 0 Å². The van der Waals surface area contributed by atoms with E-state index in [0.717, 1.165) is 26.1 Å². The summed E-state index contributed by atoms with van der Waals surface area (Å²) in [6.45, 7) is 0.705. The Hall–Kier alpha value is -1.17. The molecule has 0 aliphatic carbocycles. The largest absolute Gasteiger partial charge is 0.356 e. The van der Waals surface area contributed by atoms with Gasteiger partial charge in [0.1, 0.15) is 0 Å². The van der Waals surface area contributed by atoms with Crippen LogP contribution in [-0.2, 0) is 6.54 Å². The molecule has 1 N–H and O–H groups in total. The number of nitrogens with one attached hydrogen (secondary N) is 1. The molecule has 6 heteroatoms. The predicted molar refractivity (Wildman–Crippen MR) is 74.1 cm³/mol. The van der Waals surface area contributed by atoms with Crippen LogP contribution in [0.5, 0.6) is 0 Å². The first-order valence-corrected chi connectivity index (χ1v) is 7.12. The van der Waals surface area contributed by atoms with Crippen molar-refractivity contribution in [2.24, 2.45) is 0 Å². The van der Waals surface area contributed by atoms with Gasteiger partial charge in [0.15, 0.2) is 5.13 Å². The Morgan fingerprint density at radius 2 is 2.29 bits per heavy atom. The summed E-state index contributed by atoms with van der Waals surface area (Å²) in [5.74, 6) is 0. The molecule has 86 valence electrons. The van der Waals surface area contributed by atoms with Gasteiger partial charge in [-0.1, -0.05) is 22.9 Å². The summed E-state index contributed by atoms with van der Waals surface area (Å²) in [6, 6.07) is 5.72. The minimum absolute atomic E-state index is 0.705. The minimum Gasteiger partial charge on any atom is -0.356 e. The van der Waals surface area contributed by atoms with Crippen LogP contribution in [0, 0.1) is 0 Å². The van der Waals surface area contributed by atoms with Crippen molar-refractivity contribution in [1.82, 2.24) is 9.97 Å². The molecule has 0 atom stereocenters. The quantitative estimate of drug-likeness (QED) is 0.788. The minimum atomic E-state index is 0.705. The molecule has 2 heterocycles. The van der Waals surface area contributed by atoms with Gasteiger partial charge in [-0.25, -0.2) is 9.97 Å². The number of anilines is 1. The van der Waals surface area contributed by atoms with Crippen LogP contribution in [0.1, 0.15) is 5.69 Å².